The monoisotopic (exact) mass is 435 g/mol. The summed E-state index contributed by atoms with van der Waals surface area (Å²) >= 11 is 3.56. The third-order valence-electron chi connectivity index (χ3n) is 4.91. The first-order valence-electron chi connectivity index (χ1n) is 9.39. The molecule has 0 fully saturated rings. The fraction of sp³-hybridized carbons (Fsp3) is 0.167. The summed E-state index contributed by atoms with van der Waals surface area (Å²) < 4.78 is 9.45. The highest BCUT2D eigenvalue weighted by molar-refractivity contribution is 9.10. The number of rotatable bonds is 7. The molecule has 0 bridgehead atoms. The van der Waals surface area contributed by atoms with Crippen LogP contribution in [-0.4, -0.2) is 16.3 Å². The molecule has 1 aromatic heterocycles. The van der Waals surface area contributed by atoms with Gasteiger partial charge in [0.05, 0.1) is 11.6 Å². The molecule has 0 amide bonds. The maximum atomic E-state index is 9.70. The number of benzene rings is 3. The number of para-hydroxylation sites is 1. The van der Waals surface area contributed by atoms with E-state index < -0.39 is 0 Å². The third kappa shape index (κ3) is 3.98. The molecule has 3 aromatic carbocycles. The van der Waals surface area contributed by atoms with Gasteiger partial charge in [0.15, 0.2) is 0 Å². The second kappa shape index (κ2) is 8.63. The molecule has 0 spiro atoms. The Labute approximate surface area is 173 Å². The molecule has 28 heavy (non-hydrogen) atoms. The topological polar surface area (TPSA) is 34.4 Å². The van der Waals surface area contributed by atoms with Gasteiger partial charge in [-0.2, -0.15) is 0 Å². The molecule has 1 heterocycles. The molecule has 0 saturated carbocycles. The maximum Gasteiger partial charge on any atom is 0.144 e. The molecule has 4 rings (SSSR count). The van der Waals surface area contributed by atoms with Crippen molar-refractivity contribution in [3.05, 3.63) is 101 Å². The van der Waals surface area contributed by atoms with E-state index in [-0.39, 0.29) is 12.6 Å². The van der Waals surface area contributed by atoms with Gasteiger partial charge >= 0.3 is 0 Å². The highest BCUT2D eigenvalue weighted by Crippen LogP contribution is 2.34. The Morgan fingerprint density at radius 3 is 2.54 bits per heavy atom. The fourth-order valence-electron chi connectivity index (χ4n) is 3.60. The van der Waals surface area contributed by atoms with Gasteiger partial charge in [-0.1, -0.05) is 70.5 Å². The number of halogens is 1. The van der Waals surface area contributed by atoms with Crippen molar-refractivity contribution >= 4 is 26.8 Å². The Balaban J connectivity index is 1.74. The Morgan fingerprint density at radius 2 is 1.75 bits per heavy atom. The van der Waals surface area contributed by atoms with E-state index in [4.69, 9.17) is 4.74 Å². The third-order valence-corrected chi connectivity index (χ3v) is 5.41. The predicted octanol–water partition coefficient (Wildman–Crippen LogP) is 5.95. The van der Waals surface area contributed by atoms with E-state index in [9.17, 15) is 5.11 Å². The van der Waals surface area contributed by atoms with Crippen LogP contribution in [0.15, 0.2) is 89.5 Å². The Kier molecular flexibility index (Phi) is 5.79. The summed E-state index contributed by atoms with van der Waals surface area (Å²) in [5.41, 5.74) is 3.34. The van der Waals surface area contributed by atoms with Crippen LogP contribution in [0, 0.1) is 0 Å². The van der Waals surface area contributed by atoms with E-state index in [1.165, 1.54) is 0 Å². The molecular weight excluding hydrogens is 414 g/mol. The van der Waals surface area contributed by atoms with E-state index in [0.717, 1.165) is 32.3 Å². The van der Waals surface area contributed by atoms with Crippen molar-refractivity contribution in [1.29, 1.82) is 0 Å². The number of nitrogens with zero attached hydrogens (tertiary/aromatic N) is 1. The lowest BCUT2D eigenvalue weighted by molar-refractivity contribution is 0.268. The molecule has 4 heteroatoms. The fourth-order valence-corrected chi connectivity index (χ4v) is 4.02. The minimum Gasteiger partial charge on any atom is -0.487 e. The molecule has 0 unspecified atom stereocenters. The van der Waals surface area contributed by atoms with Gasteiger partial charge in [0.2, 0.25) is 0 Å². The minimum atomic E-state index is 0.0291. The average molecular weight is 436 g/mol. The molecular formula is C24H22BrNO2. The van der Waals surface area contributed by atoms with Crippen molar-refractivity contribution in [2.75, 3.05) is 6.61 Å². The highest BCUT2D eigenvalue weighted by atomic mass is 79.9. The van der Waals surface area contributed by atoms with Crippen molar-refractivity contribution in [2.24, 2.45) is 0 Å². The van der Waals surface area contributed by atoms with Crippen LogP contribution in [0.1, 0.15) is 23.6 Å². The molecule has 4 aromatic rings. The lowest BCUT2D eigenvalue weighted by atomic mass is 10.0. The predicted molar refractivity (Wildman–Crippen MR) is 117 cm³/mol. The first-order chi connectivity index (χ1) is 13.8. The summed E-state index contributed by atoms with van der Waals surface area (Å²) in [5, 5.41) is 10.8. The van der Waals surface area contributed by atoms with Crippen LogP contribution >= 0.6 is 15.9 Å². The van der Waals surface area contributed by atoms with Gasteiger partial charge in [0.1, 0.15) is 12.4 Å². The van der Waals surface area contributed by atoms with Crippen LogP contribution in [0.2, 0.25) is 0 Å². The van der Waals surface area contributed by atoms with Gasteiger partial charge in [-0.25, -0.2) is 0 Å². The smallest absolute Gasteiger partial charge is 0.144 e. The van der Waals surface area contributed by atoms with Crippen LogP contribution in [0.4, 0.5) is 0 Å². The van der Waals surface area contributed by atoms with Gasteiger partial charge in [-0.05, 0) is 41.8 Å². The number of hydrogen-bond acceptors (Lipinski definition) is 2. The van der Waals surface area contributed by atoms with Crippen LogP contribution in [0.3, 0.4) is 0 Å². The molecule has 3 nitrogen and oxygen atoms in total. The number of ether oxygens (including phenoxy) is 1. The summed E-state index contributed by atoms with van der Waals surface area (Å²) in [6.07, 6.45) is 2.72. The molecule has 0 aliphatic heterocycles. The van der Waals surface area contributed by atoms with Gasteiger partial charge in [0, 0.05) is 22.7 Å². The first kappa shape index (κ1) is 18.8. The highest BCUT2D eigenvalue weighted by Gasteiger charge is 2.18. The van der Waals surface area contributed by atoms with E-state index in [1.54, 1.807) is 0 Å². The molecule has 142 valence electrons. The number of hydrogen-bond donors (Lipinski definition) is 1. The largest absolute Gasteiger partial charge is 0.487 e. The zero-order valence-corrected chi connectivity index (χ0v) is 17.0. The minimum absolute atomic E-state index is 0.0291. The second-order valence-corrected chi connectivity index (χ2v) is 7.69. The van der Waals surface area contributed by atoms with E-state index in [2.05, 4.69) is 63.1 Å². The van der Waals surface area contributed by atoms with Gasteiger partial charge in [0.25, 0.3) is 0 Å². The molecule has 0 aliphatic carbocycles. The van der Waals surface area contributed by atoms with Crippen LogP contribution in [0.5, 0.6) is 5.75 Å². The first-order valence-corrected chi connectivity index (χ1v) is 10.2. The molecule has 0 aliphatic rings. The van der Waals surface area contributed by atoms with Gasteiger partial charge in [-0.15, -0.1) is 0 Å². The van der Waals surface area contributed by atoms with Crippen LogP contribution in [0.25, 0.3) is 10.9 Å². The standard InChI is InChI=1S/C24H22BrNO2/c25-21-10-4-9-20(16-21)22(13-15-27)26-14-12-19-8-5-11-23(24(19)26)28-17-18-6-2-1-3-7-18/h1-12,14,16,22,27H,13,15,17H2/t22-/m0/s1. The molecule has 1 atom stereocenters. The van der Waals surface area contributed by atoms with Crippen molar-refractivity contribution in [2.45, 2.75) is 19.1 Å². The van der Waals surface area contributed by atoms with E-state index in [0.29, 0.717) is 13.0 Å². The Bertz CT molecular complexity index is 1060. The lowest BCUT2D eigenvalue weighted by Gasteiger charge is -2.21. The summed E-state index contributed by atoms with van der Waals surface area (Å²) in [4.78, 5) is 0. The number of aliphatic hydroxyl groups is 1. The van der Waals surface area contributed by atoms with Crippen molar-refractivity contribution in [3.63, 3.8) is 0 Å². The van der Waals surface area contributed by atoms with Gasteiger partial charge < -0.3 is 14.4 Å². The van der Waals surface area contributed by atoms with Gasteiger partial charge in [-0.3, -0.25) is 0 Å². The average Bonchev–Trinajstić information content (AvgIpc) is 3.16. The van der Waals surface area contributed by atoms with Crippen LogP contribution in [-0.2, 0) is 6.61 Å². The van der Waals surface area contributed by atoms with Crippen molar-refractivity contribution in [3.8, 4) is 5.75 Å². The Hall–Kier alpha value is -2.56. The normalized spacial score (nSPS) is 12.2. The SMILES string of the molecule is OCC[C@@H](c1cccc(Br)c1)n1ccc2cccc(OCc3ccccc3)c21. The lowest BCUT2D eigenvalue weighted by Crippen LogP contribution is -2.12. The number of aliphatic hydroxyl groups excluding tert-OH is 1. The molecule has 0 radical (unpaired) electrons. The summed E-state index contributed by atoms with van der Waals surface area (Å²) in [5.74, 6) is 0.851. The summed E-state index contributed by atoms with van der Waals surface area (Å²) in [6.45, 7) is 0.635. The van der Waals surface area contributed by atoms with Crippen molar-refractivity contribution < 1.29 is 9.84 Å². The Morgan fingerprint density at radius 1 is 0.929 bits per heavy atom. The summed E-state index contributed by atoms with van der Waals surface area (Å²) in [7, 11) is 0. The zero-order valence-electron chi connectivity index (χ0n) is 15.5. The summed E-state index contributed by atoms with van der Waals surface area (Å²) in [6, 6.07) is 26.7. The zero-order chi connectivity index (χ0) is 19.3. The van der Waals surface area contributed by atoms with Crippen LogP contribution < -0.4 is 4.74 Å². The van der Waals surface area contributed by atoms with E-state index >= 15 is 0 Å². The van der Waals surface area contributed by atoms with E-state index in [1.807, 2.05) is 42.5 Å². The van der Waals surface area contributed by atoms with Crippen molar-refractivity contribution in [1.82, 2.24) is 4.57 Å². The number of fused-ring (bicyclic) bond motifs is 1. The quantitative estimate of drug-likeness (QED) is 0.388. The maximum absolute atomic E-state index is 9.70. The number of aromatic nitrogens is 1. The molecule has 0 saturated heterocycles. The molecule has 1 N–H and O–H groups in total. The second-order valence-electron chi connectivity index (χ2n) is 6.77.